The lowest BCUT2D eigenvalue weighted by Gasteiger charge is -2.36. The van der Waals surface area contributed by atoms with Gasteiger partial charge in [0.2, 0.25) is 11.8 Å². The van der Waals surface area contributed by atoms with Gasteiger partial charge in [-0.3, -0.25) is 14.4 Å². The maximum Gasteiger partial charge on any atom is 0.253 e. The van der Waals surface area contributed by atoms with Gasteiger partial charge in [0, 0.05) is 38.2 Å². The molecule has 2 fully saturated rings. The molecule has 134 valence electrons. The van der Waals surface area contributed by atoms with Crippen LogP contribution in [0.15, 0.2) is 24.3 Å². The van der Waals surface area contributed by atoms with E-state index in [4.69, 9.17) is 4.74 Å². The summed E-state index contributed by atoms with van der Waals surface area (Å²) < 4.78 is 5.38. The van der Waals surface area contributed by atoms with Crippen molar-refractivity contribution in [1.29, 1.82) is 0 Å². The molecule has 0 bridgehead atoms. The summed E-state index contributed by atoms with van der Waals surface area (Å²) in [5.41, 5.74) is 0.617. The minimum Gasteiger partial charge on any atom is -0.494 e. The van der Waals surface area contributed by atoms with E-state index in [9.17, 15) is 14.4 Å². The Hall–Kier alpha value is -2.57. The summed E-state index contributed by atoms with van der Waals surface area (Å²) in [6, 6.07) is 6.71. The van der Waals surface area contributed by atoms with Crippen molar-refractivity contribution >= 4 is 17.7 Å². The zero-order valence-electron chi connectivity index (χ0n) is 14.4. The van der Waals surface area contributed by atoms with Crippen LogP contribution in [0.1, 0.15) is 30.1 Å². The minimum atomic E-state index is -0.402. The highest BCUT2D eigenvalue weighted by atomic mass is 16.5. The van der Waals surface area contributed by atoms with Crippen LogP contribution in [-0.4, -0.2) is 66.3 Å². The molecule has 0 spiro atoms. The van der Waals surface area contributed by atoms with Crippen LogP contribution < -0.4 is 10.1 Å². The number of ether oxygens (including phenoxy) is 1. The fourth-order valence-electron chi connectivity index (χ4n) is 3.19. The van der Waals surface area contributed by atoms with Gasteiger partial charge in [-0.05, 0) is 37.6 Å². The summed E-state index contributed by atoms with van der Waals surface area (Å²) in [7, 11) is 0. The van der Waals surface area contributed by atoms with E-state index in [2.05, 4.69) is 5.32 Å². The zero-order valence-corrected chi connectivity index (χ0v) is 14.4. The molecule has 2 aliphatic heterocycles. The lowest BCUT2D eigenvalue weighted by molar-refractivity contribution is -0.135. The number of piperazine rings is 1. The molecular weight excluding hydrogens is 322 g/mol. The number of hydrogen-bond donors (Lipinski definition) is 1. The standard InChI is InChI=1S/C18H23N3O4/c1-2-25-14-5-3-13(4-6-14)17(23)20-9-11-21(12-10-20)18(24)15-7-8-16(22)19-15/h3-6,15H,2,7-12H2,1H3,(H,19,22). The van der Waals surface area contributed by atoms with Crippen LogP contribution in [-0.2, 0) is 9.59 Å². The first-order valence-corrected chi connectivity index (χ1v) is 8.68. The molecule has 7 heteroatoms. The van der Waals surface area contributed by atoms with Crippen LogP contribution >= 0.6 is 0 Å². The van der Waals surface area contributed by atoms with Crippen LogP contribution in [0.25, 0.3) is 0 Å². The highest BCUT2D eigenvalue weighted by molar-refractivity contribution is 5.95. The second-order valence-electron chi connectivity index (χ2n) is 6.23. The maximum atomic E-state index is 12.6. The predicted molar refractivity (Wildman–Crippen MR) is 91.3 cm³/mol. The number of carbonyl (C=O) groups is 3. The molecular formula is C18H23N3O4. The Morgan fingerprint density at radius 3 is 2.32 bits per heavy atom. The fraction of sp³-hybridized carbons (Fsp3) is 0.500. The molecule has 1 unspecified atom stereocenters. The summed E-state index contributed by atoms with van der Waals surface area (Å²) >= 11 is 0. The first kappa shape index (κ1) is 17.3. The van der Waals surface area contributed by atoms with Crippen molar-refractivity contribution in [1.82, 2.24) is 15.1 Å². The topological polar surface area (TPSA) is 79.0 Å². The third-order valence-corrected chi connectivity index (χ3v) is 4.58. The van der Waals surface area contributed by atoms with Crippen molar-refractivity contribution in [3.8, 4) is 5.75 Å². The molecule has 7 nitrogen and oxygen atoms in total. The average molecular weight is 345 g/mol. The van der Waals surface area contributed by atoms with Crippen LogP contribution in [0.5, 0.6) is 5.75 Å². The maximum absolute atomic E-state index is 12.6. The van der Waals surface area contributed by atoms with Gasteiger partial charge < -0.3 is 19.9 Å². The third kappa shape index (κ3) is 3.92. The summed E-state index contributed by atoms with van der Waals surface area (Å²) in [5, 5.41) is 2.70. The molecule has 2 heterocycles. The monoisotopic (exact) mass is 345 g/mol. The van der Waals surface area contributed by atoms with E-state index in [0.717, 1.165) is 5.75 Å². The van der Waals surface area contributed by atoms with Gasteiger partial charge in [0.15, 0.2) is 0 Å². The Bertz CT molecular complexity index is 651. The quantitative estimate of drug-likeness (QED) is 0.869. The molecule has 3 rings (SSSR count). The van der Waals surface area contributed by atoms with Gasteiger partial charge in [0.05, 0.1) is 6.61 Å². The van der Waals surface area contributed by atoms with Crippen molar-refractivity contribution in [3.05, 3.63) is 29.8 Å². The van der Waals surface area contributed by atoms with Gasteiger partial charge in [0.25, 0.3) is 5.91 Å². The average Bonchev–Trinajstić information content (AvgIpc) is 3.08. The van der Waals surface area contributed by atoms with Crippen molar-refractivity contribution < 1.29 is 19.1 Å². The van der Waals surface area contributed by atoms with Crippen molar-refractivity contribution in [2.75, 3.05) is 32.8 Å². The number of nitrogens with one attached hydrogen (secondary N) is 1. The lowest BCUT2D eigenvalue weighted by atomic mass is 10.1. The van der Waals surface area contributed by atoms with E-state index < -0.39 is 6.04 Å². The van der Waals surface area contributed by atoms with E-state index in [1.54, 1.807) is 34.1 Å². The second-order valence-corrected chi connectivity index (χ2v) is 6.23. The van der Waals surface area contributed by atoms with Crippen molar-refractivity contribution in [3.63, 3.8) is 0 Å². The Morgan fingerprint density at radius 2 is 1.76 bits per heavy atom. The highest BCUT2D eigenvalue weighted by Gasteiger charge is 2.33. The summed E-state index contributed by atoms with van der Waals surface area (Å²) in [6.07, 6.45) is 0.968. The molecule has 2 saturated heterocycles. The van der Waals surface area contributed by atoms with Crippen LogP contribution in [0.4, 0.5) is 0 Å². The number of carbonyl (C=O) groups excluding carboxylic acids is 3. The van der Waals surface area contributed by atoms with Crippen LogP contribution in [0.2, 0.25) is 0 Å². The molecule has 0 saturated carbocycles. The molecule has 2 aliphatic rings. The second kappa shape index (κ2) is 7.55. The SMILES string of the molecule is CCOc1ccc(C(=O)N2CCN(C(=O)C3CCC(=O)N3)CC2)cc1. The molecule has 0 radical (unpaired) electrons. The number of benzene rings is 1. The molecule has 25 heavy (non-hydrogen) atoms. The van der Waals surface area contributed by atoms with E-state index in [1.165, 1.54) is 0 Å². The van der Waals surface area contributed by atoms with E-state index in [0.29, 0.717) is 51.2 Å². The Morgan fingerprint density at radius 1 is 1.12 bits per heavy atom. The Balaban J connectivity index is 1.53. The van der Waals surface area contributed by atoms with Gasteiger partial charge in [-0.25, -0.2) is 0 Å². The van der Waals surface area contributed by atoms with Gasteiger partial charge >= 0.3 is 0 Å². The summed E-state index contributed by atoms with van der Waals surface area (Å²) in [6.45, 7) is 4.49. The molecule has 3 amide bonds. The first-order valence-electron chi connectivity index (χ1n) is 8.68. The molecule has 0 aliphatic carbocycles. The number of amides is 3. The van der Waals surface area contributed by atoms with E-state index in [1.807, 2.05) is 6.92 Å². The molecule has 1 atom stereocenters. The largest absolute Gasteiger partial charge is 0.494 e. The number of rotatable bonds is 4. The molecule has 0 aromatic heterocycles. The van der Waals surface area contributed by atoms with E-state index in [-0.39, 0.29) is 17.7 Å². The summed E-state index contributed by atoms with van der Waals surface area (Å²) in [4.78, 5) is 39.7. The first-order chi connectivity index (χ1) is 12.1. The smallest absolute Gasteiger partial charge is 0.253 e. The highest BCUT2D eigenvalue weighted by Crippen LogP contribution is 2.16. The van der Waals surface area contributed by atoms with Crippen LogP contribution in [0.3, 0.4) is 0 Å². The third-order valence-electron chi connectivity index (χ3n) is 4.58. The zero-order chi connectivity index (χ0) is 17.8. The molecule has 1 aromatic carbocycles. The predicted octanol–water partition coefficient (Wildman–Crippen LogP) is 0.648. The minimum absolute atomic E-state index is 0.0377. The van der Waals surface area contributed by atoms with Gasteiger partial charge in [-0.2, -0.15) is 0 Å². The molecule has 1 N–H and O–H groups in total. The lowest BCUT2D eigenvalue weighted by Crippen LogP contribution is -2.54. The summed E-state index contributed by atoms with van der Waals surface area (Å²) in [5.74, 6) is 0.596. The fourth-order valence-corrected chi connectivity index (χ4v) is 3.19. The Kier molecular flexibility index (Phi) is 5.21. The molecule has 1 aromatic rings. The van der Waals surface area contributed by atoms with E-state index >= 15 is 0 Å². The van der Waals surface area contributed by atoms with Gasteiger partial charge in [-0.15, -0.1) is 0 Å². The van der Waals surface area contributed by atoms with Crippen LogP contribution in [0, 0.1) is 0 Å². The van der Waals surface area contributed by atoms with Crippen molar-refractivity contribution in [2.24, 2.45) is 0 Å². The van der Waals surface area contributed by atoms with Gasteiger partial charge in [0.1, 0.15) is 11.8 Å². The number of nitrogens with zero attached hydrogens (tertiary/aromatic N) is 2. The Labute approximate surface area is 146 Å². The normalized spacial score (nSPS) is 20.4. The number of hydrogen-bond acceptors (Lipinski definition) is 4. The van der Waals surface area contributed by atoms with Crippen molar-refractivity contribution in [2.45, 2.75) is 25.8 Å². The van der Waals surface area contributed by atoms with Gasteiger partial charge in [-0.1, -0.05) is 0 Å².